The standard InChI is InChI=1S/C10H11ClN2O2/c1-13(7-2-3-7)9-5-6(10(14)15)4-8(11)12-9/h4-5,7H,2-3H2,1H3,(H,14,15). The molecule has 5 heteroatoms. The van der Waals surface area contributed by atoms with E-state index < -0.39 is 5.97 Å². The van der Waals surface area contributed by atoms with Crippen molar-refractivity contribution in [1.29, 1.82) is 0 Å². The topological polar surface area (TPSA) is 53.4 Å². The number of nitrogens with zero attached hydrogens (tertiary/aromatic N) is 2. The molecule has 1 fully saturated rings. The maximum absolute atomic E-state index is 10.8. The number of hydrogen-bond donors (Lipinski definition) is 1. The Labute approximate surface area is 92.5 Å². The largest absolute Gasteiger partial charge is 0.478 e. The van der Waals surface area contributed by atoms with Crippen LogP contribution in [0.2, 0.25) is 5.15 Å². The molecular weight excluding hydrogens is 216 g/mol. The summed E-state index contributed by atoms with van der Waals surface area (Å²) in [4.78, 5) is 16.9. The minimum absolute atomic E-state index is 0.178. The van der Waals surface area contributed by atoms with Crippen LogP contribution < -0.4 is 4.90 Å². The third-order valence-corrected chi connectivity index (χ3v) is 2.68. The smallest absolute Gasteiger partial charge is 0.335 e. The number of hydrogen-bond acceptors (Lipinski definition) is 3. The minimum atomic E-state index is -0.982. The molecule has 1 aromatic rings. The van der Waals surface area contributed by atoms with Crippen molar-refractivity contribution in [3.63, 3.8) is 0 Å². The molecule has 0 unspecified atom stereocenters. The van der Waals surface area contributed by atoms with Gasteiger partial charge in [-0.15, -0.1) is 0 Å². The first kappa shape index (κ1) is 10.2. The average Bonchev–Trinajstić information content (AvgIpc) is 2.98. The Balaban J connectivity index is 2.33. The van der Waals surface area contributed by atoms with Crippen LogP contribution >= 0.6 is 11.6 Å². The molecule has 0 atom stereocenters. The monoisotopic (exact) mass is 226 g/mol. The van der Waals surface area contributed by atoms with E-state index >= 15 is 0 Å². The molecular formula is C10H11ClN2O2. The molecule has 1 N–H and O–H groups in total. The van der Waals surface area contributed by atoms with Crippen LogP contribution in [0.5, 0.6) is 0 Å². The zero-order valence-corrected chi connectivity index (χ0v) is 9.03. The number of halogens is 1. The molecule has 0 saturated heterocycles. The number of carboxylic acid groups (broad SMARTS) is 1. The second-order valence-corrected chi connectivity index (χ2v) is 4.07. The predicted octanol–water partition coefficient (Wildman–Crippen LogP) is 2.03. The molecule has 0 aromatic carbocycles. The van der Waals surface area contributed by atoms with Crippen molar-refractivity contribution in [2.24, 2.45) is 0 Å². The van der Waals surface area contributed by atoms with Gasteiger partial charge < -0.3 is 10.0 Å². The summed E-state index contributed by atoms with van der Waals surface area (Å²) in [5.41, 5.74) is 0.178. The number of aromatic carboxylic acids is 1. The maximum Gasteiger partial charge on any atom is 0.335 e. The first-order chi connectivity index (χ1) is 7.08. The Kier molecular flexibility index (Phi) is 2.52. The van der Waals surface area contributed by atoms with E-state index in [0.29, 0.717) is 11.9 Å². The van der Waals surface area contributed by atoms with Crippen LogP contribution in [0.3, 0.4) is 0 Å². The summed E-state index contributed by atoms with van der Waals surface area (Å²) >= 11 is 5.76. The average molecular weight is 227 g/mol. The molecule has 0 aliphatic heterocycles. The number of anilines is 1. The number of aromatic nitrogens is 1. The van der Waals surface area contributed by atoms with Gasteiger partial charge in [0.2, 0.25) is 0 Å². The summed E-state index contributed by atoms with van der Waals surface area (Å²) in [5, 5.41) is 9.08. The lowest BCUT2D eigenvalue weighted by molar-refractivity contribution is 0.0697. The Morgan fingerprint density at radius 3 is 2.80 bits per heavy atom. The predicted molar refractivity (Wildman–Crippen MR) is 57.6 cm³/mol. The second kappa shape index (κ2) is 3.70. The van der Waals surface area contributed by atoms with Crippen LogP contribution in [0, 0.1) is 0 Å². The van der Waals surface area contributed by atoms with Crippen molar-refractivity contribution >= 4 is 23.4 Å². The van der Waals surface area contributed by atoms with Crippen LogP contribution in [0.1, 0.15) is 23.2 Å². The van der Waals surface area contributed by atoms with E-state index in [9.17, 15) is 4.79 Å². The van der Waals surface area contributed by atoms with Gasteiger partial charge in [0.15, 0.2) is 0 Å². The summed E-state index contributed by atoms with van der Waals surface area (Å²) in [7, 11) is 1.90. The first-order valence-electron chi connectivity index (χ1n) is 4.71. The second-order valence-electron chi connectivity index (χ2n) is 3.68. The summed E-state index contributed by atoms with van der Waals surface area (Å²) in [6, 6.07) is 3.39. The zero-order chi connectivity index (χ0) is 11.0. The van der Waals surface area contributed by atoms with Crippen LogP contribution in [-0.2, 0) is 0 Å². The van der Waals surface area contributed by atoms with E-state index in [2.05, 4.69) is 4.98 Å². The van der Waals surface area contributed by atoms with E-state index in [4.69, 9.17) is 16.7 Å². The van der Waals surface area contributed by atoms with Crippen LogP contribution in [0.15, 0.2) is 12.1 Å². The van der Waals surface area contributed by atoms with Gasteiger partial charge in [-0.3, -0.25) is 0 Å². The fraction of sp³-hybridized carbons (Fsp3) is 0.400. The third-order valence-electron chi connectivity index (χ3n) is 2.48. The van der Waals surface area contributed by atoms with Gasteiger partial charge in [-0.25, -0.2) is 9.78 Å². The molecule has 15 heavy (non-hydrogen) atoms. The Hall–Kier alpha value is -1.29. The van der Waals surface area contributed by atoms with Gasteiger partial charge in [-0.2, -0.15) is 0 Å². The highest BCUT2D eigenvalue weighted by atomic mass is 35.5. The molecule has 0 amide bonds. The Morgan fingerprint density at radius 1 is 1.60 bits per heavy atom. The first-order valence-corrected chi connectivity index (χ1v) is 5.09. The van der Waals surface area contributed by atoms with Crippen LogP contribution in [0.4, 0.5) is 5.82 Å². The van der Waals surface area contributed by atoms with Crippen molar-refractivity contribution < 1.29 is 9.90 Å². The van der Waals surface area contributed by atoms with Crippen molar-refractivity contribution in [1.82, 2.24) is 4.98 Å². The summed E-state index contributed by atoms with van der Waals surface area (Å²) < 4.78 is 0. The summed E-state index contributed by atoms with van der Waals surface area (Å²) in [6.45, 7) is 0. The molecule has 80 valence electrons. The molecule has 0 spiro atoms. The van der Waals surface area contributed by atoms with Gasteiger partial charge in [-0.1, -0.05) is 11.6 Å². The lowest BCUT2D eigenvalue weighted by atomic mass is 10.2. The zero-order valence-electron chi connectivity index (χ0n) is 8.27. The number of pyridine rings is 1. The van der Waals surface area contributed by atoms with Crippen LogP contribution in [-0.4, -0.2) is 29.1 Å². The van der Waals surface area contributed by atoms with E-state index in [1.807, 2.05) is 11.9 Å². The highest BCUT2D eigenvalue weighted by Gasteiger charge is 2.27. The van der Waals surface area contributed by atoms with Gasteiger partial charge >= 0.3 is 5.97 Å². The summed E-state index contributed by atoms with van der Waals surface area (Å²) in [6.07, 6.45) is 2.26. The lowest BCUT2D eigenvalue weighted by Gasteiger charge is -2.17. The van der Waals surface area contributed by atoms with Gasteiger partial charge in [0.1, 0.15) is 11.0 Å². The third kappa shape index (κ3) is 2.21. The van der Waals surface area contributed by atoms with Gasteiger partial charge in [0.05, 0.1) is 5.56 Å². The normalized spacial score (nSPS) is 15.1. The van der Waals surface area contributed by atoms with Gasteiger partial charge in [-0.05, 0) is 25.0 Å². The molecule has 1 heterocycles. The Bertz CT molecular complexity index is 404. The van der Waals surface area contributed by atoms with Crippen LogP contribution in [0.25, 0.3) is 0 Å². The van der Waals surface area contributed by atoms with Crippen molar-refractivity contribution in [2.45, 2.75) is 18.9 Å². The van der Waals surface area contributed by atoms with Gasteiger partial charge in [0.25, 0.3) is 0 Å². The SMILES string of the molecule is CN(c1cc(C(=O)O)cc(Cl)n1)C1CC1. The fourth-order valence-electron chi connectivity index (χ4n) is 1.44. The van der Waals surface area contributed by atoms with E-state index in [-0.39, 0.29) is 10.7 Å². The quantitative estimate of drug-likeness (QED) is 0.802. The summed E-state index contributed by atoms with van der Waals surface area (Å²) in [5.74, 6) is -0.354. The molecule has 1 saturated carbocycles. The van der Waals surface area contributed by atoms with Crippen molar-refractivity contribution in [3.8, 4) is 0 Å². The molecule has 0 bridgehead atoms. The number of rotatable bonds is 3. The number of carbonyl (C=O) groups is 1. The van der Waals surface area contributed by atoms with Crippen molar-refractivity contribution in [2.75, 3.05) is 11.9 Å². The highest BCUT2D eigenvalue weighted by molar-refractivity contribution is 6.29. The van der Waals surface area contributed by atoms with Crippen molar-refractivity contribution in [3.05, 3.63) is 22.8 Å². The molecule has 1 aliphatic rings. The maximum atomic E-state index is 10.8. The van der Waals surface area contributed by atoms with E-state index in [1.54, 1.807) is 6.07 Å². The fourth-order valence-corrected chi connectivity index (χ4v) is 1.64. The highest BCUT2D eigenvalue weighted by Crippen LogP contribution is 2.30. The van der Waals surface area contributed by atoms with E-state index in [0.717, 1.165) is 12.8 Å². The van der Waals surface area contributed by atoms with Gasteiger partial charge in [0, 0.05) is 13.1 Å². The number of carboxylic acids is 1. The Morgan fingerprint density at radius 2 is 2.27 bits per heavy atom. The van der Waals surface area contributed by atoms with E-state index in [1.165, 1.54) is 6.07 Å². The molecule has 0 radical (unpaired) electrons. The molecule has 2 rings (SSSR count). The molecule has 1 aromatic heterocycles. The minimum Gasteiger partial charge on any atom is -0.478 e. The molecule has 1 aliphatic carbocycles. The lowest BCUT2D eigenvalue weighted by Crippen LogP contribution is -2.21. The molecule has 4 nitrogen and oxygen atoms in total.